The number of hydrogen-bond acceptors (Lipinski definition) is 5. The van der Waals surface area contributed by atoms with Crippen LogP contribution in [-0.4, -0.2) is 67.2 Å². The van der Waals surface area contributed by atoms with Crippen molar-refractivity contribution < 1.29 is 17.9 Å². The number of nitrogens with zero attached hydrogens (tertiary/aromatic N) is 5. The minimum atomic E-state index is -4.50. The summed E-state index contributed by atoms with van der Waals surface area (Å²) in [5.74, 6) is 1.64. The standard InChI is InChI=1S/C19H22ClF3N6O.HI/c1-24-18(29-9-7-28(8-10-29)16-4-2-3-5-25-16)26-6-11-30-17-15(20)12-14(13-27-17)19(21,22)23;/h2-5,12-13H,6-11H2,1H3,(H,24,26);1H. The first-order chi connectivity index (χ1) is 14.4. The summed E-state index contributed by atoms with van der Waals surface area (Å²) in [7, 11) is 1.70. The summed E-state index contributed by atoms with van der Waals surface area (Å²) in [6, 6.07) is 6.64. The van der Waals surface area contributed by atoms with Gasteiger partial charge in [0.1, 0.15) is 17.4 Å². The molecule has 3 heterocycles. The molecule has 0 bridgehead atoms. The van der Waals surface area contributed by atoms with Crippen LogP contribution >= 0.6 is 35.6 Å². The Morgan fingerprint density at radius 3 is 2.55 bits per heavy atom. The summed E-state index contributed by atoms with van der Waals surface area (Å²) in [6.45, 7) is 3.77. The van der Waals surface area contributed by atoms with Crippen LogP contribution in [0.15, 0.2) is 41.7 Å². The summed E-state index contributed by atoms with van der Waals surface area (Å²) < 4.78 is 43.4. The molecule has 0 aromatic carbocycles. The molecule has 31 heavy (non-hydrogen) atoms. The molecule has 1 aliphatic heterocycles. The van der Waals surface area contributed by atoms with Gasteiger partial charge in [-0.05, 0) is 18.2 Å². The lowest BCUT2D eigenvalue weighted by atomic mass is 10.3. The minimum absolute atomic E-state index is 0. The van der Waals surface area contributed by atoms with E-state index in [9.17, 15) is 13.2 Å². The molecule has 170 valence electrons. The van der Waals surface area contributed by atoms with Crippen LogP contribution in [0.3, 0.4) is 0 Å². The number of pyridine rings is 2. The molecular formula is C19H23ClF3IN6O. The Kier molecular flexibility index (Phi) is 9.41. The van der Waals surface area contributed by atoms with Crippen molar-refractivity contribution in [3.63, 3.8) is 0 Å². The first-order valence-corrected chi connectivity index (χ1v) is 9.73. The van der Waals surface area contributed by atoms with Crippen molar-refractivity contribution in [1.29, 1.82) is 0 Å². The highest BCUT2D eigenvalue weighted by Crippen LogP contribution is 2.33. The van der Waals surface area contributed by atoms with Crippen LogP contribution in [0.5, 0.6) is 5.88 Å². The molecule has 0 radical (unpaired) electrons. The van der Waals surface area contributed by atoms with Gasteiger partial charge in [-0.25, -0.2) is 9.97 Å². The van der Waals surface area contributed by atoms with Crippen molar-refractivity contribution in [2.24, 2.45) is 4.99 Å². The molecule has 0 saturated carbocycles. The van der Waals surface area contributed by atoms with Crippen LogP contribution in [0.25, 0.3) is 0 Å². The smallest absolute Gasteiger partial charge is 0.417 e. The average Bonchev–Trinajstić information content (AvgIpc) is 2.75. The molecule has 1 N–H and O–H groups in total. The molecule has 0 aliphatic carbocycles. The SMILES string of the molecule is CN=C(NCCOc1ncc(C(F)(F)F)cc1Cl)N1CCN(c2ccccn2)CC1.I. The van der Waals surface area contributed by atoms with E-state index in [0.717, 1.165) is 44.0 Å². The van der Waals surface area contributed by atoms with Gasteiger partial charge in [-0.1, -0.05) is 17.7 Å². The second-order valence-electron chi connectivity index (χ2n) is 6.49. The van der Waals surface area contributed by atoms with Crippen molar-refractivity contribution in [2.75, 3.05) is 51.3 Å². The molecule has 12 heteroatoms. The van der Waals surface area contributed by atoms with Crippen molar-refractivity contribution in [3.05, 3.63) is 47.2 Å². The lowest BCUT2D eigenvalue weighted by Crippen LogP contribution is -2.53. The van der Waals surface area contributed by atoms with E-state index in [-0.39, 0.29) is 41.5 Å². The van der Waals surface area contributed by atoms with Crippen molar-refractivity contribution in [1.82, 2.24) is 20.2 Å². The summed E-state index contributed by atoms with van der Waals surface area (Å²) in [6.07, 6.45) is -2.02. The number of hydrogen-bond donors (Lipinski definition) is 1. The molecule has 2 aromatic rings. The van der Waals surface area contributed by atoms with Gasteiger partial charge in [-0.2, -0.15) is 13.2 Å². The molecule has 0 spiro atoms. The van der Waals surface area contributed by atoms with E-state index in [4.69, 9.17) is 16.3 Å². The molecule has 3 rings (SSSR count). The van der Waals surface area contributed by atoms with Gasteiger partial charge in [0.2, 0.25) is 5.88 Å². The van der Waals surface area contributed by atoms with E-state index in [2.05, 4.69) is 30.1 Å². The van der Waals surface area contributed by atoms with Crippen LogP contribution < -0.4 is 15.0 Å². The second kappa shape index (κ2) is 11.6. The number of guanidine groups is 1. The van der Waals surface area contributed by atoms with Crippen molar-refractivity contribution in [3.8, 4) is 5.88 Å². The molecular weight excluding hydrogens is 548 g/mol. The normalized spacial score (nSPS) is 14.8. The molecule has 7 nitrogen and oxygen atoms in total. The third-order valence-electron chi connectivity index (χ3n) is 4.52. The number of rotatable bonds is 5. The number of halogens is 5. The van der Waals surface area contributed by atoms with Gasteiger partial charge in [-0.15, -0.1) is 24.0 Å². The summed E-state index contributed by atoms with van der Waals surface area (Å²) >= 11 is 5.84. The minimum Gasteiger partial charge on any atom is -0.475 e. The van der Waals surface area contributed by atoms with E-state index in [0.29, 0.717) is 12.7 Å². The number of aromatic nitrogens is 2. The van der Waals surface area contributed by atoms with Crippen LogP contribution in [0.2, 0.25) is 5.02 Å². The summed E-state index contributed by atoms with van der Waals surface area (Å²) in [5, 5.41) is 3.00. The summed E-state index contributed by atoms with van der Waals surface area (Å²) in [4.78, 5) is 16.7. The molecule has 1 aliphatic rings. The molecule has 1 fully saturated rings. The highest BCUT2D eigenvalue weighted by Gasteiger charge is 2.31. The predicted octanol–water partition coefficient (Wildman–Crippen LogP) is 3.54. The Morgan fingerprint density at radius 2 is 1.97 bits per heavy atom. The third kappa shape index (κ3) is 6.99. The number of aliphatic imine (C=N–C) groups is 1. The van der Waals surface area contributed by atoms with Gasteiger partial charge in [0.15, 0.2) is 5.96 Å². The summed E-state index contributed by atoms with van der Waals surface area (Å²) in [5.41, 5.74) is -0.914. The molecule has 2 aromatic heterocycles. The van der Waals surface area contributed by atoms with Crippen LogP contribution in [0, 0.1) is 0 Å². The zero-order valence-corrected chi connectivity index (χ0v) is 19.9. The van der Waals surface area contributed by atoms with E-state index in [1.807, 2.05) is 18.2 Å². The largest absolute Gasteiger partial charge is 0.475 e. The second-order valence-corrected chi connectivity index (χ2v) is 6.90. The Morgan fingerprint density at radius 1 is 1.23 bits per heavy atom. The monoisotopic (exact) mass is 570 g/mol. The molecule has 0 amide bonds. The fourth-order valence-corrected chi connectivity index (χ4v) is 3.24. The van der Waals surface area contributed by atoms with Crippen LogP contribution in [-0.2, 0) is 6.18 Å². The maximum absolute atomic E-state index is 12.7. The van der Waals surface area contributed by atoms with Crippen LogP contribution in [0.1, 0.15) is 5.56 Å². The number of ether oxygens (including phenoxy) is 1. The Bertz CT molecular complexity index is 863. The van der Waals surface area contributed by atoms with Gasteiger partial charge in [0.05, 0.1) is 12.1 Å². The average molecular weight is 571 g/mol. The van der Waals surface area contributed by atoms with E-state index in [1.54, 1.807) is 13.2 Å². The number of anilines is 1. The fourth-order valence-electron chi connectivity index (χ4n) is 3.02. The third-order valence-corrected chi connectivity index (χ3v) is 4.79. The first-order valence-electron chi connectivity index (χ1n) is 9.35. The van der Waals surface area contributed by atoms with Gasteiger partial charge in [0, 0.05) is 45.6 Å². The maximum Gasteiger partial charge on any atom is 0.417 e. The zero-order chi connectivity index (χ0) is 21.6. The Balaban J connectivity index is 0.00000341. The number of piperazine rings is 1. The van der Waals surface area contributed by atoms with Gasteiger partial charge in [0.25, 0.3) is 0 Å². The Labute approximate surface area is 200 Å². The topological polar surface area (TPSA) is 65.9 Å². The van der Waals surface area contributed by atoms with E-state index >= 15 is 0 Å². The fraction of sp³-hybridized carbons (Fsp3) is 0.421. The van der Waals surface area contributed by atoms with Gasteiger partial charge < -0.3 is 19.9 Å². The van der Waals surface area contributed by atoms with Gasteiger partial charge in [-0.3, -0.25) is 4.99 Å². The molecule has 0 unspecified atom stereocenters. The Hall–Kier alpha value is -2.02. The molecule has 1 saturated heterocycles. The number of nitrogens with one attached hydrogen (secondary N) is 1. The van der Waals surface area contributed by atoms with Crippen LogP contribution in [0.4, 0.5) is 19.0 Å². The quantitative estimate of drug-likeness (QED) is 0.257. The van der Waals surface area contributed by atoms with Crippen molar-refractivity contribution >= 4 is 47.4 Å². The maximum atomic E-state index is 12.7. The van der Waals surface area contributed by atoms with Gasteiger partial charge >= 0.3 is 6.18 Å². The van der Waals surface area contributed by atoms with E-state index < -0.39 is 11.7 Å². The number of alkyl halides is 3. The molecule has 0 atom stereocenters. The highest BCUT2D eigenvalue weighted by atomic mass is 127. The van der Waals surface area contributed by atoms with Crippen molar-refractivity contribution in [2.45, 2.75) is 6.18 Å². The lowest BCUT2D eigenvalue weighted by molar-refractivity contribution is -0.137. The zero-order valence-electron chi connectivity index (χ0n) is 16.8. The van der Waals surface area contributed by atoms with E-state index in [1.165, 1.54) is 0 Å². The first kappa shape index (κ1) is 25.2. The highest BCUT2D eigenvalue weighted by molar-refractivity contribution is 14.0. The predicted molar refractivity (Wildman–Crippen MR) is 125 cm³/mol. The lowest BCUT2D eigenvalue weighted by Gasteiger charge is -2.37.